The maximum atomic E-state index is 15.2. The van der Waals surface area contributed by atoms with Crippen LogP contribution in [0.5, 0.6) is 11.5 Å². The second kappa shape index (κ2) is 13.3. The van der Waals surface area contributed by atoms with Gasteiger partial charge in [0.25, 0.3) is 0 Å². The van der Waals surface area contributed by atoms with Crippen molar-refractivity contribution in [3.8, 4) is 21.9 Å². The largest absolute Gasteiger partial charge is 0.463 e. The molecule has 14 heteroatoms. The molecule has 0 unspecified atom stereocenters. The van der Waals surface area contributed by atoms with E-state index in [0.717, 1.165) is 16.5 Å². The summed E-state index contributed by atoms with van der Waals surface area (Å²) in [6, 6.07) is 12.8. The molecule has 0 atom stereocenters. The number of hydrogen-bond donors (Lipinski definition) is 2. The highest BCUT2D eigenvalue weighted by Crippen LogP contribution is 2.48. The fraction of sp³-hybridized carbons (Fsp3) is 0.242. The summed E-state index contributed by atoms with van der Waals surface area (Å²) in [6.45, 7) is 0.800. The predicted molar refractivity (Wildman–Crippen MR) is 172 cm³/mol. The zero-order chi connectivity index (χ0) is 33.1. The molecule has 242 valence electrons. The fourth-order valence-corrected chi connectivity index (χ4v) is 5.84. The van der Waals surface area contributed by atoms with Gasteiger partial charge in [-0.05, 0) is 69.4 Å². The van der Waals surface area contributed by atoms with Crippen molar-refractivity contribution in [1.82, 2.24) is 19.7 Å². The molecule has 3 heterocycles. The van der Waals surface area contributed by atoms with E-state index >= 15 is 4.39 Å². The molecule has 1 fully saturated rings. The van der Waals surface area contributed by atoms with E-state index in [2.05, 4.69) is 20.7 Å². The number of likely N-dealkylation sites (N-methyl/N-ethyl adjacent to an activating group) is 1. The molecule has 1 aliphatic carbocycles. The van der Waals surface area contributed by atoms with Crippen molar-refractivity contribution in [2.45, 2.75) is 19.4 Å². The Balaban J connectivity index is 1.10. The molecule has 0 radical (unpaired) electrons. The summed E-state index contributed by atoms with van der Waals surface area (Å²) in [6.07, 6.45) is 5.79. The molecule has 3 aromatic heterocycles. The van der Waals surface area contributed by atoms with Crippen LogP contribution in [0.4, 0.5) is 20.2 Å². The molecule has 0 saturated heterocycles. The number of esters is 1. The Morgan fingerprint density at radius 2 is 1.70 bits per heavy atom. The van der Waals surface area contributed by atoms with Crippen molar-refractivity contribution >= 4 is 50.7 Å². The van der Waals surface area contributed by atoms with Gasteiger partial charge in [-0.1, -0.05) is 0 Å². The molecule has 2 aromatic carbocycles. The lowest BCUT2D eigenvalue weighted by molar-refractivity contribution is -0.144. The molecular formula is C33H30F2N6O5S. The number of fused-ring (bicyclic) bond motifs is 1. The number of hydrogen-bond acceptors (Lipinski definition) is 9. The Morgan fingerprint density at radius 3 is 2.40 bits per heavy atom. The maximum absolute atomic E-state index is 15.2. The third-order valence-corrected chi connectivity index (χ3v) is 8.64. The smallest absolute Gasteiger partial charge is 0.320 e. The summed E-state index contributed by atoms with van der Waals surface area (Å²) in [5.74, 6) is -2.18. The van der Waals surface area contributed by atoms with Crippen molar-refractivity contribution < 1.29 is 32.6 Å². The second-order valence-corrected chi connectivity index (χ2v) is 12.4. The van der Waals surface area contributed by atoms with Gasteiger partial charge in [-0.25, -0.2) is 8.78 Å². The van der Waals surface area contributed by atoms with Gasteiger partial charge in [0.15, 0.2) is 11.6 Å². The number of amides is 2. The minimum atomic E-state index is -1.28. The first-order valence-corrected chi connectivity index (χ1v) is 15.5. The number of halogens is 2. The van der Waals surface area contributed by atoms with Gasteiger partial charge in [0.1, 0.15) is 23.6 Å². The van der Waals surface area contributed by atoms with Crippen LogP contribution < -0.4 is 15.4 Å². The summed E-state index contributed by atoms with van der Waals surface area (Å²) in [4.78, 5) is 44.7. The average molecular weight is 661 g/mol. The Morgan fingerprint density at radius 1 is 0.979 bits per heavy atom. The molecule has 2 amide bonds. The molecule has 0 bridgehead atoms. The van der Waals surface area contributed by atoms with Crippen LogP contribution in [0.1, 0.15) is 12.8 Å². The molecule has 2 N–H and O–H groups in total. The lowest BCUT2D eigenvalue weighted by atomic mass is 10.0. The number of thiophene rings is 1. The summed E-state index contributed by atoms with van der Waals surface area (Å²) >= 11 is 1.41. The van der Waals surface area contributed by atoms with E-state index in [9.17, 15) is 18.8 Å². The fourth-order valence-electron chi connectivity index (χ4n) is 4.80. The first-order chi connectivity index (χ1) is 22.6. The average Bonchev–Trinajstić information content (AvgIpc) is 3.52. The minimum Gasteiger partial charge on any atom is -0.463 e. The van der Waals surface area contributed by atoms with Crippen molar-refractivity contribution in [1.29, 1.82) is 0 Å². The molecule has 47 heavy (non-hydrogen) atoms. The third-order valence-electron chi connectivity index (χ3n) is 7.45. The van der Waals surface area contributed by atoms with Crippen LogP contribution in [-0.4, -0.2) is 64.7 Å². The Labute approximate surface area is 272 Å². The van der Waals surface area contributed by atoms with Crippen LogP contribution in [0.2, 0.25) is 0 Å². The number of aromatic nitrogens is 3. The Kier molecular flexibility index (Phi) is 8.96. The van der Waals surface area contributed by atoms with Crippen LogP contribution in [0.15, 0.2) is 73.2 Å². The molecule has 0 aliphatic heterocycles. The van der Waals surface area contributed by atoms with Gasteiger partial charge in [-0.3, -0.25) is 28.9 Å². The minimum absolute atomic E-state index is 0.0581. The van der Waals surface area contributed by atoms with Crippen molar-refractivity contribution in [2.75, 3.05) is 37.9 Å². The van der Waals surface area contributed by atoms with Gasteiger partial charge in [-0.2, -0.15) is 5.10 Å². The topological polar surface area (TPSA) is 128 Å². The number of anilines is 2. The number of carbonyl (C=O) groups is 3. The van der Waals surface area contributed by atoms with Gasteiger partial charge in [0, 0.05) is 46.3 Å². The molecular weight excluding hydrogens is 630 g/mol. The van der Waals surface area contributed by atoms with Crippen LogP contribution >= 0.6 is 11.3 Å². The highest BCUT2D eigenvalue weighted by Gasteiger charge is 2.56. The lowest BCUT2D eigenvalue weighted by Crippen LogP contribution is -2.35. The molecule has 1 aliphatic rings. The van der Waals surface area contributed by atoms with E-state index < -0.39 is 28.9 Å². The standard InChI is InChI=1S/C33H30F2N6O5S/c1-40(2)19-29(42)45-14-13-41-18-20(17-37-41)28-16-25-30(47-28)27(9-12-36-25)46-26-8-7-23(15-24(26)35)39-32(44)33(10-11-33)31(43)38-22-5-3-21(34)4-6-22/h3-9,12,15-18H,10-11,13-14,19H2,1-2H3,(H,38,43)(H,39,44). The molecule has 1 saturated carbocycles. The number of rotatable bonds is 12. The van der Waals surface area contributed by atoms with Crippen LogP contribution in [0.25, 0.3) is 20.7 Å². The number of benzene rings is 2. The number of nitrogens with zero attached hydrogens (tertiary/aromatic N) is 4. The van der Waals surface area contributed by atoms with Crippen molar-refractivity contribution in [3.63, 3.8) is 0 Å². The molecule has 6 rings (SSSR count). The van der Waals surface area contributed by atoms with Gasteiger partial charge in [-0.15, -0.1) is 11.3 Å². The first kappa shape index (κ1) is 31.8. The van der Waals surface area contributed by atoms with Gasteiger partial charge >= 0.3 is 5.97 Å². The number of ether oxygens (including phenoxy) is 2. The maximum Gasteiger partial charge on any atom is 0.320 e. The predicted octanol–water partition coefficient (Wildman–Crippen LogP) is 5.69. The first-order valence-electron chi connectivity index (χ1n) is 14.7. The summed E-state index contributed by atoms with van der Waals surface area (Å²) in [7, 11) is 3.58. The van der Waals surface area contributed by atoms with Crippen LogP contribution in [0, 0.1) is 17.0 Å². The van der Waals surface area contributed by atoms with E-state index in [0.29, 0.717) is 41.0 Å². The normalized spacial score (nSPS) is 13.4. The number of carbonyl (C=O) groups excluding carboxylic acids is 3. The monoisotopic (exact) mass is 660 g/mol. The lowest BCUT2D eigenvalue weighted by Gasteiger charge is -2.16. The zero-order valence-electron chi connectivity index (χ0n) is 25.5. The van der Waals surface area contributed by atoms with Gasteiger partial charge in [0.2, 0.25) is 11.8 Å². The SMILES string of the molecule is CN(C)CC(=O)OCCn1cc(-c2cc3nccc(Oc4ccc(NC(=O)C5(C(=O)Nc6ccc(F)cc6)CC5)cc4F)c3s2)cn1. The van der Waals surface area contributed by atoms with Crippen molar-refractivity contribution in [3.05, 3.63) is 84.8 Å². The summed E-state index contributed by atoms with van der Waals surface area (Å²) < 4.78 is 42.0. The third kappa shape index (κ3) is 7.28. The van der Waals surface area contributed by atoms with E-state index in [1.165, 1.54) is 47.7 Å². The Hall–Kier alpha value is -5.21. The Bertz CT molecular complexity index is 1950. The van der Waals surface area contributed by atoms with Gasteiger partial charge < -0.3 is 20.1 Å². The van der Waals surface area contributed by atoms with E-state index in [1.807, 2.05) is 12.3 Å². The molecule has 0 spiro atoms. The van der Waals surface area contributed by atoms with Crippen LogP contribution in [-0.2, 0) is 25.7 Å². The van der Waals surface area contributed by atoms with E-state index in [4.69, 9.17) is 9.47 Å². The molecule has 5 aromatic rings. The number of nitrogens with one attached hydrogen (secondary N) is 2. The highest BCUT2D eigenvalue weighted by molar-refractivity contribution is 7.22. The highest BCUT2D eigenvalue weighted by atomic mass is 32.1. The number of pyridine rings is 1. The van der Waals surface area contributed by atoms with Gasteiger partial charge in [0.05, 0.1) is 29.5 Å². The second-order valence-electron chi connectivity index (χ2n) is 11.3. The zero-order valence-corrected chi connectivity index (χ0v) is 26.3. The van der Waals surface area contributed by atoms with E-state index in [1.54, 1.807) is 42.1 Å². The van der Waals surface area contributed by atoms with E-state index in [-0.39, 0.29) is 30.6 Å². The summed E-state index contributed by atoms with van der Waals surface area (Å²) in [5.41, 5.74) is 0.755. The van der Waals surface area contributed by atoms with Crippen LogP contribution in [0.3, 0.4) is 0 Å². The quantitative estimate of drug-likeness (QED) is 0.129. The summed E-state index contributed by atoms with van der Waals surface area (Å²) in [5, 5.41) is 9.63. The van der Waals surface area contributed by atoms with Crippen molar-refractivity contribution in [2.24, 2.45) is 5.41 Å². The molecule has 11 nitrogen and oxygen atoms in total.